The largest absolute Gasteiger partial charge is 0.479 e. The number of carbonyl (C=O) groups excluding carboxylic acids is 2. The van der Waals surface area contributed by atoms with Crippen LogP contribution in [0.2, 0.25) is 0 Å². The minimum atomic E-state index is -2.07. The van der Waals surface area contributed by atoms with Crippen LogP contribution in [0.25, 0.3) is 0 Å². The Balaban J connectivity index is 2.08. The first-order chi connectivity index (χ1) is 10.7. The monoisotopic (exact) mass is 322 g/mol. The Morgan fingerprint density at radius 2 is 2.04 bits per heavy atom. The lowest BCUT2D eigenvalue weighted by Crippen LogP contribution is -2.52. The molecule has 0 bridgehead atoms. The van der Waals surface area contributed by atoms with Crippen molar-refractivity contribution in [1.29, 1.82) is 0 Å². The molecule has 0 fully saturated rings. The molecule has 3 N–H and O–H groups in total. The summed E-state index contributed by atoms with van der Waals surface area (Å²) < 4.78 is 5.46. The van der Waals surface area contributed by atoms with Gasteiger partial charge >= 0.3 is 5.97 Å². The smallest absolute Gasteiger partial charge is 0.337 e. The maximum Gasteiger partial charge on any atom is 0.337 e. The Morgan fingerprint density at radius 1 is 1.39 bits per heavy atom. The van der Waals surface area contributed by atoms with E-state index in [4.69, 9.17) is 9.84 Å². The van der Waals surface area contributed by atoms with Gasteiger partial charge in [-0.2, -0.15) is 0 Å². The van der Waals surface area contributed by atoms with Crippen LogP contribution in [0.5, 0.6) is 5.75 Å². The zero-order valence-electron chi connectivity index (χ0n) is 12.8. The van der Waals surface area contributed by atoms with Crippen LogP contribution in [0, 0.1) is 0 Å². The standard InChI is InChI=1S/C15H18N2O6/c1-9-13(19)17(10-5-3-4-6-11(10)23-9)7-12(18)16-8-15(2,22)14(20)21/h3-6,9,22H,7-8H2,1-2H3,(H,16,18)(H,20,21). The predicted molar refractivity (Wildman–Crippen MR) is 80.2 cm³/mol. The van der Waals surface area contributed by atoms with Crippen molar-refractivity contribution in [3.63, 3.8) is 0 Å². The Labute approximate surface area is 132 Å². The third-order valence-electron chi connectivity index (χ3n) is 3.47. The number of carboxylic acid groups (broad SMARTS) is 1. The highest BCUT2D eigenvalue weighted by Crippen LogP contribution is 2.33. The molecule has 1 aliphatic heterocycles. The lowest BCUT2D eigenvalue weighted by molar-refractivity contribution is -0.156. The second-order valence-electron chi connectivity index (χ2n) is 5.51. The van der Waals surface area contributed by atoms with Crippen LogP contribution >= 0.6 is 0 Å². The quantitative estimate of drug-likeness (QED) is 0.688. The maximum absolute atomic E-state index is 12.2. The van der Waals surface area contributed by atoms with Crippen molar-refractivity contribution in [2.75, 3.05) is 18.0 Å². The number of benzene rings is 1. The lowest BCUT2D eigenvalue weighted by atomic mass is 10.1. The van der Waals surface area contributed by atoms with E-state index in [1.165, 1.54) is 4.90 Å². The highest BCUT2D eigenvalue weighted by Gasteiger charge is 2.34. The molecule has 1 aromatic carbocycles. The molecule has 8 heteroatoms. The Bertz CT molecular complexity index is 643. The van der Waals surface area contributed by atoms with Crippen molar-refractivity contribution in [1.82, 2.24) is 5.32 Å². The number of nitrogens with zero attached hydrogens (tertiary/aromatic N) is 1. The summed E-state index contributed by atoms with van der Waals surface area (Å²) in [6.45, 7) is 1.90. The van der Waals surface area contributed by atoms with E-state index >= 15 is 0 Å². The number of rotatable bonds is 5. The second-order valence-corrected chi connectivity index (χ2v) is 5.51. The van der Waals surface area contributed by atoms with Gasteiger partial charge in [0.25, 0.3) is 5.91 Å². The summed E-state index contributed by atoms with van der Waals surface area (Å²) in [5, 5.41) is 20.7. The van der Waals surface area contributed by atoms with Crippen molar-refractivity contribution in [3.05, 3.63) is 24.3 Å². The summed E-state index contributed by atoms with van der Waals surface area (Å²) in [5.41, 5.74) is -1.61. The molecule has 2 unspecified atom stereocenters. The van der Waals surface area contributed by atoms with Gasteiger partial charge < -0.3 is 20.3 Å². The molecule has 0 aliphatic carbocycles. The number of hydrogen-bond donors (Lipinski definition) is 3. The van der Waals surface area contributed by atoms with E-state index in [2.05, 4.69) is 5.32 Å². The third kappa shape index (κ3) is 3.59. The predicted octanol–water partition coefficient (Wildman–Crippen LogP) is -0.248. The van der Waals surface area contributed by atoms with Crippen molar-refractivity contribution in [2.45, 2.75) is 25.6 Å². The van der Waals surface area contributed by atoms with Crippen LogP contribution in [0.15, 0.2) is 24.3 Å². The van der Waals surface area contributed by atoms with Gasteiger partial charge in [-0.25, -0.2) is 4.79 Å². The molecule has 1 heterocycles. The second kappa shape index (κ2) is 6.25. The maximum atomic E-state index is 12.2. The van der Waals surface area contributed by atoms with Gasteiger partial charge in [0.1, 0.15) is 12.3 Å². The van der Waals surface area contributed by atoms with Gasteiger partial charge in [-0.1, -0.05) is 12.1 Å². The van der Waals surface area contributed by atoms with Crippen LogP contribution in [0.4, 0.5) is 5.69 Å². The molecule has 23 heavy (non-hydrogen) atoms. The molecular weight excluding hydrogens is 304 g/mol. The highest BCUT2D eigenvalue weighted by atomic mass is 16.5. The van der Waals surface area contributed by atoms with Gasteiger partial charge in [-0.15, -0.1) is 0 Å². The molecule has 0 aromatic heterocycles. The van der Waals surface area contributed by atoms with Gasteiger partial charge in [0.2, 0.25) is 5.91 Å². The number of carboxylic acids is 1. The van der Waals surface area contributed by atoms with Crippen molar-refractivity contribution in [2.24, 2.45) is 0 Å². The molecule has 0 saturated heterocycles. The van der Waals surface area contributed by atoms with Crippen molar-refractivity contribution >= 4 is 23.5 Å². The van der Waals surface area contributed by atoms with E-state index in [9.17, 15) is 19.5 Å². The average molecular weight is 322 g/mol. The molecule has 0 radical (unpaired) electrons. The number of aliphatic carboxylic acids is 1. The van der Waals surface area contributed by atoms with E-state index < -0.39 is 30.1 Å². The van der Waals surface area contributed by atoms with Gasteiger partial charge in [0, 0.05) is 0 Å². The fourth-order valence-corrected chi connectivity index (χ4v) is 2.07. The summed E-state index contributed by atoms with van der Waals surface area (Å²) in [4.78, 5) is 36.3. The molecule has 2 rings (SSSR count). The Kier molecular flexibility index (Phi) is 4.55. The van der Waals surface area contributed by atoms with Crippen LogP contribution in [-0.4, -0.2) is 52.8 Å². The number of hydrogen-bond acceptors (Lipinski definition) is 5. The van der Waals surface area contributed by atoms with E-state index in [0.29, 0.717) is 11.4 Å². The zero-order valence-corrected chi connectivity index (χ0v) is 12.8. The molecule has 2 atom stereocenters. The Morgan fingerprint density at radius 3 is 2.70 bits per heavy atom. The van der Waals surface area contributed by atoms with Crippen molar-refractivity contribution in [3.8, 4) is 5.75 Å². The molecule has 1 aromatic rings. The highest BCUT2D eigenvalue weighted by molar-refractivity contribution is 6.03. The molecule has 2 amide bonds. The number of carbonyl (C=O) groups is 3. The number of amides is 2. The number of anilines is 1. The summed E-state index contributed by atoms with van der Waals surface area (Å²) >= 11 is 0. The summed E-state index contributed by atoms with van der Waals surface area (Å²) in [6.07, 6.45) is -0.722. The molecule has 0 saturated carbocycles. The van der Waals surface area contributed by atoms with Gasteiger partial charge in [-0.05, 0) is 26.0 Å². The van der Waals surface area contributed by atoms with Crippen LogP contribution in [-0.2, 0) is 14.4 Å². The van der Waals surface area contributed by atoms with Gasteiger partial charge in [0.15, 0.2) is 11.7 Å². The van der Waals surface area contributed by atoms with Crippen molar-refractivity contribution < 1.29 is 29.3 Å². The van der Waals surface area contributed by atoms with E-state index in [1.54, 1.807) is 31.2 Å². The van der Waals surface area contributed by atoms with E-state index in [-0.39, 0.29) is 12.5 Å². The number of para-hydroxylation sites is 2. The zero-order chi connectivity index (χ0) is 17.2. The summed E-state index contributed by atoms with van der Waals surface area (Å²) in [5.74, 6) is -1.91. The van der Waals surface area contributed by atoms with Gasteiger partial charge in [-0.3, -0.25) is 14.5 Å². The first-order valence-electron chi connectivity index (χ1n) is 7.02. The van der Waals surface area contributed by atoms with E-state index in [0.717, 1.165) is 6.92 Å². The summed E-state index contributed by atoms with van der Waals surface area (Å²) in [6, 6.07) is 6.81. The molecule has 0 spiro atoms. The molecule has 1 aliphatic rings. The number of ether oxygens (including phenoxy) is 1. The molecule has 124 valence electrons. The average Bonchev–Trinajstić information content (AvgIpc) is 2.49. The third-order valence-corrected chi connectivity index (χ3v) is 3.47. The topological polar surface area (TPSA) is 116 Å². The minimum Gasteiger partial charge on any atom is -0.479 e. The van der Waals surface area contributed by atoms with E-state index in [1.807, 2.05) is 0 Å². The summed E-state index contributed by atoms with van der Waals surface area (Å²) in [7, 11) is 0. The fraction of sp³-hybridized carbons (Fsp3) is 0.400. The fourth-order valence-electron chi connectivity index (χ4n) is 2.07. The Hall–Kier alpha value is -2.61. The lowest BCUT2D eigenvalue weighted by Gasteiger charge is -2.32. The molecular formula is C15H18N2O6. The number of fused-ring (bicyclic) bond motifs is 1. The SMILES string of the molecule is CC1Oc2ccccc2N(CC(=O)NCC(C)(O)C(=O)O)C1=O. The van der Waals surface area contributed by atoms with Gasteiger partial charge in [0.05, 0.1) is 12.2 Å². The first-order valence-corrected chi connectivity index (χ1v) is 7.02. The number of aliphatic hydroxyl groups is 1. The minimum absolute atomic E-state index is 0.292. The normalized spacial score (nSPS) is 19.3. The van der Waals surface area contributed by atoms with Crippen LogP contribution in [0.3, 0.4) is 0 Å². The molecule has 8 nitrogen and oxygen atoms in total. The first kappa shape index (κ1) is 16.8. The van der Waals surface area contributed by atoms with Crippen LogP contribution in [0.1, 0.15) is 13.8 Å². The number of nitrogens with one attached hydrogen (secondary N) is 1. The van der Waals surface area contributed by atoms with Crippen LogP contribution < -0.4 is 15.0 Å².